The fourth-order valence-electron chi connectivity index (χ4n) is 10.1. The van der Waals surface area contributed by atoms with Gasteiger partial charge in [0.25, 0.3) is 0 Å². The van der Waals surface area contributed by atoms with Crippen LogP contribution in [0.3, 0.4) is 0 Å². The van der Waals surface area contributed by atoms with Gasteiger partial charge in [0, 0.05) is 22.3 Å². The van der Waals surface area contributed by atoms with E-state index >= 15 is 0 Å². The third-order valence-corrected chi connectivity index (χ3v) is 14.0. The molecule has 0 amide bonds. The molecule has 3 aromatic heterocycles. The topological polar surface area (TPSA) is 159 Å². The van der Waals surface area contributed by atoms with E-state index in [1.807, 2.05) is 149 Å². The molecule has 0 fully saturated rings. The average molecular weight is 1070 g/mol. The van der Waals surface area contributed by atoms with Gasteiger partial charge in [-0.15, -0.1) is 22.1 Å². The summed E-state index contributed by atoms with van der Waals surface area (Å²) in [6.07, 6.45) is 0. The molecule has 0 saturated carbocycles. The molecule has 6 aromatic carbocycles. The van der Waals surface area contributed by atoms with Gasteiger partial charge in [-0.25, -0.2) is 29.1 Å². The number of aryl methyl sites for hydroxylation is 4. The molecule has 8 bridgehead atoms. The summed E-state index contributed by atoms with van der Waals surface area (Å²) < 4.78 is 21.2. The van der Waals surface area contributed by atoms with Gasteiger partial charge in [-0.3, -0.25) is 0 Å². The number of hydrogen-bond donors (Lipinski definition) is 0. The number of rotatable bonds is 8. The van der Waals surface area contributed by atoms with Crippen molar-refractivity contribution in [3.05, 3.63) is 190 Å². The molecule has 374 valence electrons. The fourth-order valence-corrected chi connectivity index (χ4v) is 10.1. The van der Waals surface area contributed by atoms with Gasteiger partial charge in [-0.2, -0.15) is 0 Å². The van der Waals surface area contributed by atoms with Crippen LogP contribution in [0.25, 0.3) is 112 Å². The molecule has 5 heterocycles. The number of fused-ring (bicyclic) bond motifs is 14. The number of carbonyl (C=O) groups excluding carboxylic acids is 4. The Kier molecular flexibility index (Phi) is 13.7. The van der Waals surface area contributed by atoms with Gasteiger partial charge in [0.15, 0.2) is 0 Å². The zero-order valence-corrected chi connectivity index (χ0v) is 46.6. The Morgan fingerprint density at radius 2 is 0.519 bits per heavy atom. The number of carbonyl (C=O) groups is 4. The summed E-state index contributed by atoms with van der Waals surface area (Å²) in [5.74, 6) is -2.93. The summed E-state index contributed by atoms with van der Waals surface area (Å²) in [5.41, 5.74) is 16.0. The Hall–Kier alpha value is -9.06. The van der Waals surface area contributed by atoms with Crippen LogP contribution in [-0.2, 0) is 38.4 Å². The summed E-state index contributed by atoms with van der Waals surface area (Å²) in [5, 5.41) is 0. The van der Waals surface area contributed by atoms with Crippen LogP contribution in [0.1, 0.15) is 63.7 Å². The van der Waals surface area contributed by atoms with Gasteiger partial charge in [-0.05, 0) is 96.5 Å². The number of benzene rings is 6. The summed E-state index contributed by atoms with van der Waals surface area (Å²) in [4.78, 5) is 77.4. The van der Waals surface area contributed by atoms with Crippen LogP contribution in [0.4, 0.5) is 0 Å². The van der Waals surface area contributed by atoms with E-state index in [2.05, 4.69) is 0 Å². The maximum Gasteiger partial charge on any atom is 2.00 e. The van der Waals surface area contributed by atoms with E-state index in [4.69, 9.17) is 38.9 Å². The molecule has 0 aliphatic carbocycles. The zero-order chi connectivity index (χ0) is 53.1. The Balaban J connectivity index is 0.00000672. The van der Waals surface area contributed by atoms with E-state index < -0.39 is 23.9 Å². The standard InChI is InChI=1S/C64H50N4O8.Zn/c1-33-9-17-37(18-10-33)53-49-25-26-50(65-49)54(38-19-11-34(2)12-20-38)59-43-31-47(63(71)75-7)48(64(72)76-8)32-44(43)60(68-59)56(40-23-15-36(4)16-24-40)52-28-27-51(66-52)55(39-21-13-35(3)14-22-39)58-42-30-46(62(70)74-6)45(61(69)73-5)29-41(42)57(53)67-58;/h9-32H,1-8H3,(H2,65,66,67,68,69,70,71,72);/q;+2/p-2. The number of nitrogens with zero attached hydrogens (tertiary/aromatic N) is 4. The molecule has 0 saturated heterocycles. The van der Waals surface area contributed by atoms with E-state index in [0.29, 0.717) is 89.4 Å². The molecule has 0 unspecified atom stereocenters. The first-order valence-electron chi connectivity index (χ1n) is 24.5. The molecule has 0 radical (unpaired) electrons. The first-order chi connectivity index (χ1) is 36.8. The molecule has 77 heavy (non-hydrogen) atoms. The molecule has 12 nitrogen and oxygen atoms in total. The number of ether oxygens (including phenoxy) is 4. The molecule has 9 aromatic rings. The molecule has 13 heteroatoms. The van der Waals surface area contributed by atoms with Crippen molar-refractivity contribution in [2.75, 3.05) is 28.4 Å². The molecular formula is C64H48N4O8Zn. The summed E-state index contributed by atoms with van der Waals surface area (Å²) in [6.45, 7) is 8.04. The third-order valence-electron chi connectivity index (χ3n) is 14.0. The average Bonchev–Trinajstić information content (AvgIpc) is 4.29. The minimum Gasteiger partial charge on any atom is -0.657 e. The first-order valence-corrected chi connectivity index (χ1v) is 24.5. The number of hydrogen-bond acceptors (Lipinski definition) is 10. The molecular weight excluding hydrogens is 1020 g/mol. The predicted molar refractivity (Wildman–Crippen MR) is 294 cm³/mol. The minimum atomic E-state index is -0.732. The Morgan fingerprint density at radius 1 is 0.325 bits per heavy atom. The number of methoxy groups -OCH3 is 4. The maximum absolute atomic E-state index is 13.8. The monoisotopic (exact) mass is 1060 g/mol. The fraction of sp³-hybridized carbons (Fsp3) is 0.125. The van der Waals surface area contributed by atoms with Crippen LogP contribution >= 0.6 is 0 Å². The predicted octanol–water partition coefficient (Wildman–Crippen LogP) is 13.3. The van der Waals surface area contributed by atoms with E-state index in [-0.39, 0.29) is 41.7 Å². The molecule has 0 N–H and O–H groups in total. The van der Waals surface area contributed by atoms with Crippen molar-refractivity contribution in [1.82, 2.24) is 19.9 Å². The van der Waals surface area contributed by atoms with Crippen LogP contribution in [0, 0.1) is 27.7 Å². The Labute approximate surface area is 456 Å². The van der Waals surface area contributed by atoms with Crippen LogP contribution < -0.4 is 9.97 Å². The molecule has 2 aliphatic rings. The summed E-state index contributed by atoms with van der Waals surface area (Å²) in [6, 6.07) is 46.5. The Morgan fingerprint density at radius 3 is 0.701 bits per heavy atom. The van der Waals surface area contributed by atoms with Crippen molar-refractivity contribution in [3.8, 4) is 89.5 Å². The van der Waals surface area contributed by atoms with Crippen LogP contribution in [-0.4, -0.2) is 62.3 Å². The van der Waals surface area contributed by atoms with Crippen molar-refractivity contribution >= 4 is 45.9 Å². The summed E-state index contributed by atoms with van der Waals surface area (Å²) in [7, 11) is 5.07. The van der Waals surface area contributed by atoms with Crippen LogP contribution in [0.2, 0.25) is 0 Å². The van der Waals surface area contributed by atoms with Gasteiger partial charge < -0.3 is 28.9 Å². The van der Waals surface area contributed by atoms with Crippen LogP contribution in [0.5, 0.6) is 0 Å². The van der Waals surface area contributed by atoms with Crippen molar-refractivity contribution in [3.63, 3.8) is 0 Å². The van der Waals surface area contributed by atoms with Gasteiger partial charge in [-0.1, -0.05) is 144 Å². The largest absolute Gasteiger partial charge is 2.00 e. The number of aromatic nitrogens is 4. The van der Waals surface area contributed by atoms with Crippen molar-refractivity contribution < 1.29 is 57.6 Å². The van der Waals surface area contributed by atoms with Gasteiger partial charge in [0.1, 0.15) is 0 Å². The van der Waals surface area contributed by atoms with Crippen LogP contribution in [0.15, 0.2) is 146 Å². The van der Waals surface area contributed by atoms with E-state index in [1.54, 1.807) is 24.3 Å². The van der Waals surface area contributed by atoms with Gasteiger partial charge in [0.2, 0.25) is 0 Å². The maximum atomic E-state index is 13.8. The third kappa shape index (κ3) is 9.02. The van der Waals surface area contributed by atoms with Crippen molar-refractivity contribution in [1.29, 1.82) is 0 Å². The van der Waals surface area contributed by atoms with Gasteiger partial charge in [0.05, 0.1) is 73.5 Å². The normalized spacial score (nSPS) is 11.2. The second-order valence-electron chi connectivity index (χ2n) is 18.9. The van der Waals surface area contributed by atoms with Crippen molar-refractivity contribution in [2.45, 2.75) is 27.7 Å². The Bertz CT molecular complexity index is 3560. The first kappa shape index (κ1) is 51.4. The molecule has 2 aliphatic heterocycles. The second-order valence-corrected chi connectivity index (χ2v) is 18.9. The van der Waals surface area contributed by atoms with E-state index in [1.165, 1.54) is 28.4 Å². The van der Waals surface area contributed by atoms with Crippen molar-refractivity contribution in [2.24, 2.45) is 0 Å². The summed E-state index contributed by atoms with van der Waals surface area (Å²) >= 11 is 0. The zero-order valence-electron chi connectivity index (χ0n) is 43.6. The minimum absolute atomic E-state index is 0. The van der Waals surface area contributed by atoms with E-state index in [0.717, 1.165) is 44.5 Å². The van der Waals surface area contributed by atoms with E-state index in [9.17, 15) is 19.2 Å². The molecule has 11 rings (SSSR count). The second kappa shape index (κ2) is 20.6. The number of esters is 4. The SMILES string of the molecule is COC(=O)c1cc2c(cc1C(=O)OC)-c1nc-2c(-c2ccc(C)cc2)c2ccc([n-]2)c(-c2ccc(C)cc2)c2nc(c(-c3ccc(C)cc3)c3ccc([n-]3)c1-c1ccc(C)cc1)-c1cc(C(=O)OC)c(C(=O)OC)cc1-2.[Zn+2]. The molecule has 0 atom stereocenters. The van der Waals surface area contributed by atoms with Gasteiger partial charge >= 0.3 is 43.4 Å². The quantitative estimate of drug-likeness (QED) is 0.0806. The molecule has 0 spiro atoms. The smallest absolute Gasteiger partial charge is 0.657 e.